The second kappa shape index (κ2) is 9.62. The van der Waals surface area contributed by atoms with Crippen molar-refractivity contribution in [3.05, 3.63) is 143 Å². The standard InChI is InChI=1S/C33H30N2O2/c1-37-22-20-33(28-16-8-9-18-30(28)35(32(33)36)24-26-13-6-3-7-14-26)29-17-10-15-27-19-21-34(31(27)29)23-25-11-4-2-5-12-25/h2-18,20,22H,19,21,23-24H2,1H3/b22-20+/t33-/m1/s1. The van der Waals surface area contributed by atoms with E-state index in [0.29, 0.717) is 6.54 Å². The molecule has 0 saturated carbocycles. The predicted octanol–water partition coefficient (Wildman–Crippen LogP) is 6.24. The first-order valence-electron chi connectivity index (χ1n) is 12.8. The number of amides is 1. The van der Waals surface area contributed by atoms with Crippen molar-refractivity contribution in [3.8, 4) is 0 Å². The molecule has 0 aromatic heterocycles. The van der Waals surface area contributed by atoms with Gasteiger partial charge in [-0.05, 0) is 46.4 Å². The van der Waals surface area contributed by atoms with Gasteiger partial charge in [-0.2, -0.15) is 0 Å². The Morgan fingerprint density at radius 2 is 1.43 bits per heavy atom. The van der Waals surface area contributed by atoms with Crippen molar-refractivity contribution in [1.82, 2.24) is 0 Å². The lowest BCUT2D eigenvalue weighted by Crippen LogP contribution is -2.40. The number of ether oxygens (including phenoxy) is 1. The van der Waals surface area contributed by atoms with Crippen LogP contribution in [0.15, 0.2) is 115 Å². The van der Waals surface area contributed by atoms with Gasteiger partial charge < -0.3 is 14.5 Å². The molecule has 1 atom stereocenters. The minimum absolute atomic E-state index is 0.0471. The zero-order chi connectivity index (χ0) is 25.2. The lowest BCUT2D eigenvalue weighted by molar-refractivity contribution is -0.120. The van der Waals surface area contributed by atoms with Gasteiger partial charge in [0.05, 0.1) is 19.9 Å². The number of hydrogen-bond donors (Lipinski definition) is 0. The molecule has 0 fully saturated rings. The van der Waals surface area contributed by atoms with E-state index in [2.05, 4.69) is 71.6 Å². The number of carbonyl (C=O) groups excluding carboxylic acids is 1. The SMILES string of the molecule is CO/C=C/[C@@]1(c2cccc3c2N(Cc2ccccc2)CC3)C(=O)N(Cc2ccccc2)c2ccccc21. The third kappa shape index (κ3) is 3.89. The van der Waals surface area contributed by atoms with Gasteiger partial charge in [0.1, 0.15) is 5.41 Å². The first kappa shape index (κ1) is 23.1. The van der Waals surface area contributed by atoms with Gasteiger partial charge in [-0.15, -0.1) is 0 Å². The fourth-order valence-electron chi connectivity index (χ4n) is 5.90. The predicted molar refractivity (Wildman–Crippen MR) is 149 cm³/mol. The number of methoxy groups -OCH3 is 1. The van der Waals surface area contributed by atoms with Crippen molar-refractivity contribution in [2.24, 2.45) is 0 Å². The maximum Gasteiger partial charge on any atom is 0.246 e. The zero-order valence-electron chi connectivity index (χ0n) is 21.0. The van der Waals surface area contributed by atoms with Gasteiger partial charge in [0, 0.05) is 24.5 Å². The number of benzene rings is 4. The van der Waals surface area contributed by atoms with Crippen molar-refractivity contribution in [3.63, 3.8) is 0 Å². The lowest BCUT2D eigenvalue weighted by Gasteiger charge is -2.31. The highest BCUT2D eigenvalue weighted by molar-refractivity contribution is 6.13. The number of nitrogens with zero attached hydrogens (tertiary/aromatic N) is 2. The summed E-state index contributed by atoms with van der Waals surface area (Å²) in [7, 11) is 1.63. The van der Waals surface area contributed by atoms with Crippen LogP contribution in [0.2, 0.25) is 0 Å². The van der Waals surface area contributed by atoms with Crippen molar-refractivity contribution >= 4 is 17.3 Å². The number of para-hydroxylation sites is 2. The first-order valence-corrected chi connectivity index (χ1v) is 12.8. The summed E-state index contributed by atoms with van der Waals surface area (Å²) in [5.74, 6) is 0.0471. The quantitative estimate of drug-likeness (QED) is 0.290. The first-order chi connectivity index (χ1) is 18.2. The van der Waals surface area contributed by atoms with E-state index in [4.69, 9.17) is 4.74 Å². The van der Waals surface area contributed by atoms with Gasteiger partial charge >= 0.3 is 0 Å². The van der Waals surface area contributed by atoms with E-state index in [-0.39, 0.29) is 5.91 Å². The van der Waals surface area contributed by atoms with E-state index in [1.807, 2.05) is 47.4 Å². The van der Waals surface area contributed by atoms with Crippen LogP contribution in [-0.4, -0.2) is 19.6 Å². The molecule has 2 aliphatic rings. The Kier molecular flexibility index (Phi) is 6.01. The van der Waals surface area contributed by atoms with Crippen molar-refractivity contribution in [1.29, 1.82) is 0 Å². The molecule has 4 nitrogen and oxygen atoms in total. The highest BCUT2D eigenvalue weighted by Crippen LogP contribution is 2.52. The summed E-state index contributed by atoms with van der Waals surface area (Å²) >= 11 is 0. The Bertz CT molecular complexity index is 1450. The lowest BCUT2D eigenvalue weighted by atomic mass is 9.74. The minimum Gasteiger partial charge on any atom is -0.505 e. The second-order valence-electron chi connectivity index (χ2n) is 9.71. The summed E-state index contributed by atoms with van der Waals surface area (Å²) in [4.78, 5) is 19.0. The second-order valence-corrected chi connectivity index (χ2v) is 9.71. The van der Waals surface area contributed by atoms with Crippen LogP contribution in [0, 0.1) is 0 Å². The van der Waals surface area contributed by atoms with Gasteiger partial charge in [0.2, 0.25) is 5.91 Å². The number of anilines is 2. The van der Waals surface area contributed by atoms with E-state index in [1.165, 1.54) is 11.1 Å². The van der Waals surface area contributed by atoms with Gasteiger partial charge in [-0.3, -0.25) is 4.79 Å². The number of fused-ring (bicyclic) bond motifs is 2. The molecule has 2 aliphatic heterocycles. The fraction of sp³-hybridized carbons (Fsp3) is 0.182. The molecule has 0 saturated heterocycles. The molecule has 0 spiro atoms. The summed E-state index contributed by atoms with van der Waals surface area (Å²) in [6.45, 7) is 2.25. The monoisotopic (exact) mass is 486 g/mol. The minimum atomic E-state index is -0.980. The maximum atomic E-state index is 14.7. The van der Waals surface area contributed by atoms with Crippen molar-refractivity contribution < 1.29 is 9.53 Å². The Morgan fingerprint density at radius 1 is 0.784 bits per heavy atom. The van der Waals surface area contributed by atoms with Gasteiger partial charge in [0.25, 0.3) is 0 Å². The number of rotatable bonds is 7. The molecule has 0 unspecified atom stereocenters. The maximum absolute atomic E-state index is 14.7. The van der Waals surface area contributed by atoms with E-state index in [9.17, 15) is 4.79 Å². The van der Waals surface area contributed by atoms with Crippen LogP contribution < -0.4 is 9.80 Å². The molecule has 4 aromatic carbocycles. The molecule has 0 aliphatic carbocycles. The normalized spacial score (nSPS) is 18.4. The third-order valence-corrected chi connectivity index (χ3v) is 7.57. The third-order valence-electron chi connectivity index (χ3n) is 7.57. The average molecular weight is 487 g/mol. The van der Waals surface area contributed by atoms with Crippen molar-refractivity contribution in [2.75, 3.05) is 23.5 Å². The van der Waals surface area contributed by atoms with Crippen LogP contribution in [0.5, 0.6) is 0 Å². The van der Waals surface area contributed by atoms with Crippen LogP contribution >= 0.6 is 0 Å². The fourth-order valence-corrected chi connectivity index (χ4v) is 5.90. The molecule has 6 rings (SSSR count). The van der Waals surface area contributed by atoms with Crippen LogP contribution in [-0.2, 0) is 34.5 Å². The van der Waals surface area contributed by atoms with Crippen LogP contribution in [0.3, 0.4) is 0 Å². The Morgan fingerprint density at radius 3 is 2.16 bits per heavy atom. The van der Waals surface area contributed by atoms with Gasteiger partial charge in [-0.25, -0.2) is 0 Å². The van der Waals surface area contributed by atoms with E-state index >= 15 is 0 Å². The van der Waals surface area contributed by atoms with Gasteiger partial charge in [-0.1, -0.05) is 97.1 Å². The Labute approximate surface area is 218 Å². The summed E-state index contributed by atoms with van der Waals surface area (Å²) in [6.07, 6.45) is 4.58. The average Bonchev–Trinajstić information content (AvgIpc) is 3.46. The summed E-state index contributed by atoms with van der Waals surface area (Å²) in [6, 6.07) is 35.3. The molecule has 4 aromatic rings. The molecule has 1 amide bonds. The molecule has 0 bridgehead atoms. The van der Waals surface area contributed by atoms with Gasteiger partial charge in [0.15, 0.2) is 0 Å². The molecule has 37 heavy (non-hydrogen) atoms. The topological polar surface area (TPSA) is 32.8 Å². The highest BCUT2D eigenvalue weighted by atomic mass is 16.5. The smallest absolute Gasteiger partial charge is 0.246 e. The zero-order valence-corrected chi connectivity index (χ0v) is 21.0. The molecular formula is C33H30N2O2. The summed E-state index contributed by atoms with van der Waals surface area (Å²) < 4.78 is 5.44. The van der Waals surface area contributed by atoms with E-state index in [1.54, 1.807) is 13.4 Å². The molecule has 184 valence electrons. The number of hydrogen-bond acceptors (Lipinski definition) is 3. The molecule has 4 heteroatoms. The van der Waals surface area contributed by atoms with Crippen LogP contribution in [0.1, 0.15) is 27.8 Å². The van der Waals surface area contributed by atoms with Crippen molar-refractivity contribution in [2.45, 2.75) is 24.9 Å². The van der Waals surface area contributed by atoms with E-state index < -0.39 is 5.41 Å². The molecule has 0 radical (unpaired) electrons. The largest absolute Gasteiger partial charge is 0.505 e. The van der Waals surface area contributed by atoms with Crippen LogP contribution in [0.4, 0.5) is 11.4 Å². The van der Waals surface area contributed by atoms with E-state index in [0.717, 1.165) is 47.6 Å². The summed E-state index contributed by atoms with van der Waals surface area (Å²) in [5.41, 5.74) is 6.77. The van der Waals surface area contributed by atoms with Crippen LogP contribution in [0.25, 0.3) is 0 Å². The summed E-state index contributed by atoms with van der Waals surface area (Å²) in [5, 5.41) is 0. The number of carbonyl (C=O) groups is 1. The molecule has 2 heterocycles. The Balaban J connectivity index is 1.52. The molecule has 0 N–H and O–H groups in total. The molecular weight excluding hydrogens is 456 g/mol. The highest BCUT2D eigenvalue weighted by Gasteiger charge is 2.52. The Hall–Kier alpha value is -4.31.